The van der Waals surface area contributed by atoms with Crippen molar-refractivity contribution in [3.05, 3.63) is 64.2 Å². The van der Waals surface area contributed by atoms with E-state index < -0.39 is 17.2 Å². The average molecular weight is 444 g/mol. The van der Waals surface area contributed by atoms with E-state index in [2.05, 4.69) is 11.0 Å². The van der Waals surface area contributed by atoms with E-state index in [-0.39, 0.29) is 18.2 Å². The van der Waals surface area contributed by atoms with Gasteiger partial charge < -0.3 is 14.5 Å². The van der Waals surface area contributed by atoms with Gasteiger partial charge in [0.15, 0.2) is 5.60 Å². The Morgan fingerprint density at radius 3 is 2.45 bits per heavy atom. The number of nitriles is 1. The topological polar surface area (TPSA) is 56.6 Å². The lowest BCUT2D eigenvalue weighted by atomic mass is 9.89. The van der Waals surface area contributed by atoms with E-state index in [0.29, 0.717) is 54.9 Å². The third-order valence-corrected chi connectivity index (χ3v) is 6.91. The molecule has 2 unspecified atom stereocenters. The van der Waals surface area contributed by atoms with Gasteiger partial charge in [0.2, 0.25) is 0 Å². The number of piperidine rings is 1. The minimum absolute atomic E-state index is 0.0952. The number of carbonyl (C=O) groups is 1. The van der Waals surface area contributed by atoms with Crippen molar-refractivity contribution in [2.45, 2.75) is 43.6 Å². The van der Waals surface area contributed by atoms with Crippen molar-refractivity contribution < 1.29 is 18.3 Å². The second kappa shape index (κ2) is 7.47. The van der Waals surface area contributed by atoms with Crippen LogP contribution in [0.3, 0.4) is 0 Å². The van der Waals surface area contributed by atoms with Crippen LogP contribution in [-0.4, -0.2) is 35.7 Å². The molecule has 3 saturated heterocycles. The standard InChI is InChI=1S/C23H20ClF2N3O2/c24-19-12-18(2-1-14(19)13-27)28-7-5-23(6-8-28)22(30)29-20(3-4-21(29)31-23)15-9-16(25)11-17(26)10-15/h1-2,9-12,20-21H,3-8H2. The zero-order chi connectivity index (χ0) is 21.8. The maximum Gasteiger partial charge on any atom is 0.257 e. The summed E-state index contributed by atoms with van der Waals surface area (Å²) in [4.78, 5) is 17.2. The molecular weight excluding hydrogens is 424 g/mol. The van der Waals surface area contributed by atoms with Crippen LogP contribution in [0, 0.1) is 23.0 Å². The second-order valence-electron chi connectivity index (χ2n) is 8.34. The molecule has 2 atom stereocenters. The molecule has 0 aromatic heterocycles. The van der Waals surface area contributed by atoms with Gasteiger partial charge in [0.1, 0.15) is 23.9 Å². The van der Waals surface area contributed by atoms with Crippen molar-refractivity contribution in [3.63, 3.8) is 0 Å². The minimum atomic E-state index is -0.901. The van der Waals surface area contributed by atoms with Gasteiger partial charge in [0.25, 0.3) is 5.91 Å². The predicted octanol–water partition coefficient (Wildman–Crippen LogP) is 4.55. The fourth-order valence-corrected chi connectivity index (χ4v) is 5.27. The van der Waals surface area contributed by atoms with E-state index in [4.69, 9.17) is 21.6 Å². The molecule has 1 amide bonds. The number of halogens is 3. The number of hydrogen-bond donors (Lipinski definition) is 0. The fourth-order valence-electron chi connectivity index (χ4n) is 5.06. The Hall–Kier alpha value is -2.69. The first-order valence-electron chi connectivity index (χ1n) is 10.3. The maximum absolute atomic E-state index is 13.7. The van der Waals surface area contributed by atoms with Gasteiger partial charge in [-0.3, -0.25) is 4.79 Å². The summed E-state index contributed by atoms with van der Waals surface area (Å²) in [5.41, 5.74) is 0.896. The van der Waals surface area contributed by atoms with Crippen LogP contribution in [0.25, 0.3) is 0 Å². The number of ether oxygens (including phenoxy) is 1. The molecule has 8 heteroatoms. The van der Waals surface area contributed by atoms with E-state index in [1.807, 2.05) is 6.07 Å². The number of anilines is 1. The minimum Gasteiger partial charge on any atom is -0.371 e. The summed E-state index contributed by atoms with van der Waals surface area (Å²) >= 11 is 6.17. The Bertz CT molecular complexity index is 1070. The maximum atomic E-state index is 13.7. The molecule has 2 aromatic rings. The lowest BCUT2D eigenvalue weighted by molar-refractivity contribution is -0.140. The van der Waals surface area contributed by atoms with Crippen molar-refractivity contribution in [3.8, 4) is 6.07 Å². The average Bonchev–Trinajstić information content (AvgIpc) is 3.26. The third-order valence-electron chi connectivity index (χ3n) is 6.60. The van der Waals surface area contributed by atoms with Gasteiger partial charge in [-0.2, -0.15) is 5.26 Å². The van der Waals surface area contributed by atoms with E-state index in [1.54, 1.807) is 17.0 Å². The van der Waals surface area contributed by atoms with E-state index in [9.17, 15) is 13.6 Å². The molecule has 5 nitrogen and oxygen atoms in total. The smallest absolute Gasteiger partial charge is 0.257 e. The molecule has 5 rings (SSSR count). The van der Waals surface area contributed by atoms with E-state index >= 15 is 0 Å². The van der Waals surface area contributed by atoms with Gasteiger partial charge in [0.05, 0.1) is 16.6 Å². The number of amides is 1. The molecule has 0 aliphatic carbocycles. The normalized spacial score (nSPS) is 24.5. The van der Waals surface area contributed by atoms with Crippen molar-refractivity contribution in [2.75, 3.05) is 18.0 Å². The lowest BCUT2D eigenvalue weighted by Crippen LogP contribution is -2.50. The Morgan fingerprint density at radius 1 is 1.10 bits per heavy atom. The highest BCUT2D eigenvalue weighted by Gasteiger charge is 2.58. The summed E-state index contributed by atoms with van der Waals surface area (Å²) in [5, 5.41) is 9.45. The predicted molar refractivity (Wildman–Crippen MR) is 110 cm³/mol. The van der Waals surface area contributed by atoms with Crippen molar-refractivity contribution in [1.29, 1.82) is 5.26 Å². The van der Waals surface area contributed by atoms with Crippen LogP contribution >= 0.6 is 11.6 Å². The van der Waals surface area contributed by atoms with Crippen LogP contribution in [0.5, 0.6) is 0 Å². The first-order valence-corrected chi connectivity index (χ1v) is 10.7. The first-order chi connectivity index (χ1) is 14.9. The molecule has 3 aliphatic heterocycles. The zero-order valence-electron chi connectivity index (χ0n) is 16.7. The Kier molecular flexibility index (Phi) is 4.87. The highest BCUT2D eigenvalue weighted by atomic mass is 35.5. The molecular formula is C23H20ClF2N3O2. The Labute approximate surface area is 183 Å². The Morgan fingerprint density at radius 2 is 1.81 bits per heavy atom. The van der Waals surface area contributed by atoms with Crippen molar-refractivity contribution in [2.24, 2.45) is 0 Å². The fraction of sp³-hybridized carbons (Fsp3) is 0.391. The van der Waals surface area contributed by atoms with Crippen LogP contribution in [-0.2, 0) is 9.53 Å². The molecule has 1 spiro atoms. The van der Waals surface area contributed by atoms with Crippen LogP contribution < -0.4 is 4.90 Å². The molecule has 0 bridgehead atoms. The molecule has 3 fully saturated rings. The summed E-state index contributed by atoms with van der Waals surface area (Å²) in [5.74, 6) is -1.38. The molecule has 2 aromatic carbocycles. The molecule has 160 valence electrons. The van der Waals surface area contributed by atoms with Gasteiger partial charge in [-0.05, 0) is 48.7 Å². The summed E-state index contributed by atoms with van der Waals surface area (Å²) in [7, 11) is 0. The molecule has 3 aliphatic rings. The molecule has 31 heavy (non-hydrogen) atoms. The summed E-state index contributed by atoms with van der Waals surface area (Å²) < 4.78 is 33.8. The van der Waals surface area contributed by atoms with Gasteiger partial charge >= 0.3 is 0 Å². The third kappa shape index (κ3) is 3.35. The van der Waals surface area contributed by atoms with Crippen molar-refractivity contribution in [1.82, 2.24) is 4.90 Å². The van der Waals surface area contributed by atoms with Crippen LogP contribution in [0.1, 0.15) is 42.9 Å². The number of nitrogens with zero attached hydrogens (tertiary/aromatic N) is 3. The first kappa shape index (κ1) is 20.2. The SMILES string of the molecule is N#Cc1ccc(N2CCC3(CC2)OC2CCC(c4cc(F)cc(F)c4)N2C3=O)cc1Cl. The number of benzene rings is 2. The number of carbonyl (C=O) groups excluding carboxylic acids is 1. The second-order valence-corrected chi connectivity index (χ2v) is 8.75. The molecule has 3 heterocycles. The molecule has 0 N–H and O–H groups in total. The highest BCUT2D eigenvalue weighted by molar-refractivity contribution is 6.32. The largest absolute Gasteiger partial charge is 0.371 e. The van der Waals surface area contributed by atoms with E-state index in [1.165, 1.54) is 12.1 Å². The van der Waals surface area contributed by atoms with Crippen LogP contribution in [0.2, 0.25) is 5.02 Å². The van der Waals surface area contributed by atoms with Gasteiger partial charge in [-0.15, -0.1) is 0 Å². The summed E-state index contributed by atoms with van der Waals surface area (Å²) in [6, 6.07) is 10.4. The highest BCUT2D eigenvalue weighted by Crippen LogP contribution is 2.48. The molecule has 0 saturated carbocycles. The van der Waals surface area contributed by atoms with Crippen molar-refractivity contribution >= 4 is 23.2 Å². The summed E-state index contributed by atoms with van der Waals surface area (Å²) in [6.45, 7) is 1.21. The zero-order valence-corrected chi connectivity index (χ0v) is 17.4. The van der Waals surface area contributed by atoms with E-state index in [0.717, 1.165) is 11.8 Å². The van der Waals surface area contributed by atoms with Gasteiger partial charge in [-0.1, -0.05) is 11.6 Å². The quantitative estimate of drug-likeness (QED) is 0.683. The molecule has 0 radical (unpaired) electrons. The van der Waals surface area contributed by atoms with Gasteiger partial charge in [-0.25, -0.2) is 8.78 Å². The van der Waals surface area contributed by atoms with Crippen LogP contribution in [0.4, 0.5) is 14.5 Å². The number of fused-ring (bicyclic) bond motifs is 1. The van der Waals surface area contributed by atoms with Gasteiger partial charge in [0, 0.05) is 37.7 Å². The monoisotopic (exact) mass is 443 g/mol. The number of rotatable bonds is 2. The number of hydrogen-bond acceptors (Lipinski definition) is 4. The lowest BCUT2D eigenvalue weighted by Gasteiger charge is -2.38. The Balaban J connectivity index is 1.33. The van der Waals surface area contributed by atoms with Crippen LogP contribution in [0.15, 0.2) is 36.4 Å². The summed E-state index contributed by atoms with van der Waals surface area (Å²) in [6.07, 6.45) is 1.93.